The van der Waals surface area contributed by atoms with Crippen molar-refractivity contribution < 1.29 is 4.74 Å². The van der Waals surface area contributed by atoms with Crippen molar-refractivity contribution in [1.82, 2.24) is 9.55 Å². The van der Waals surface area contributed by atoms with Gasteiger partial charge < -0.3 is 15.0 Å². The number of aromatic nitrogens is 2. The van der Waals surface area contributed by atoms with Gasteiger partial charge in [-0.3, -0.25) is 0 Å². The van der Waals surface area contributed by atoms with E-state index in [4.69, 9.17) is 10.5 Å². The third-order valence-corrected chi connectivity index (χ3v) is 3.83. The molecule has 1 heterocycles. The van der Waals surface area contributed by atoms with Crippen molar-refractivity contribution in [3.8, 4) is 17.0 Å². The number of aryl methyl sites for hydroxylation is 1. The molecule has 0 aliphatic carbocycles. The molecule has 0 amide bonds. The average molecular weight is 281 g/mol. The number of fused-ring (bicyclic) bond motifs is 1. The van der Waals surface area contributed by atoms with Gasteiger partial charge in [0.2, 0.25) is 0 Å². The van der Waals surface area contributed by atoms with Gasteiger partial charge in [-0.25, -0.2) is 4.98 Å². The minimum Gasteiger partial charge on any atom is -0.497 e. The van der Waals surface area contributed by atoms with Gasteiger partial charge in [0.15, 0.2) is 0 Å². The largest absolute Gasteiger partial charge is 0.497 e. The van der Waals surface area contributed by atoms with Crippen LogP contribution in [0.4, 0.5) is 5.82 Å². The van der Waals surface area contributed by atoms with Crippen LogP contribution in [-0.2, 0) is 6.54 Å². The van der Waals surface area contributed by atoms with Gasteiger partial charge in [-0.15, -0.1) is 0 Å². The molecule has 0 aliphatic heterocycles. The van der Waals surface area contributed by atoms with Crippen LogP contribution in [0.1, 0.15) is 12.7 Å². The molecular weight excluding hydrogens is 262 g/mol. The summed E-state index contributed by atoms with van der Waals surface area (Å²) in [5, 5.41) is 2.29. The van der Waals surface area contributed by atoms with Crippen LogP contribution in [0.15, 0.2) is 36.4 Å². The number of methoxy groups -OCH3 is 1. The van der Waals surface area contributed by atoms with Gasteiger partial charge in [0.25, 0.3) is 0 Å². The highest BCUT2D eigenvalue weighted by Crippen LogP contribution is 2.30. The van der Waals surface area contributed by atoms with Crippen molar-refractivity contribution in [2.24, 2.45) is 0 Å². The van der Waals surface area contributed by atoms with Crippen LogP contribution in [0.3, 0.4) is 0 Å². The second kappa shape index (κ2) is 5.13. The van der Waals surface area contributed by atoms with Crippen molar-refractivity contribution in [1.29, 1.82) is 0 Å². The summed E-state index contributed by atoms with van der Waals surface area (Å²) in [6.07, 6.45) is 0. The summed E-state index contributed by atoms with van der Waals surface area (Å²) in [4.78, 5) is 4.61. The first-order valence-electron chi connectivity index (χ1n) is 7.04. The molecule has 3 aromatic rings. The molecule has 3 rings (SSSR count). The first-order chi connectivity index (χ1) is 10.1. The molecule has 0 atom stereocenters. The van der Waals surface area contributed by atoms with Gasteiger partial charge in [-0.2, -0.15) is 0 Å². The molecule has 4 nitrogen and oxygen atoms in total. The van der Waals surface area contributed by atoms with E-state index in [1.54, 1.807) is 7.11 Å². The Morgan fingerprint density at radius 3 is 2.52 bits per heavy atom. The number of ether oxygens (including phenoxy) is 1. The summed E-state index contributed by atoms with van der Waals surface area (Å²) in [5.74, 6) is 2.53. The predicted octanol–water partition coefficient (Wildman–Crippen LogP) is 3.62. The zero-order valence-electron chi connectivity index (χ0n) is 12.6. The zero-order chi connectivity index (χ0) is 15.0. The molecule has 4 heteroatoms. The van der Waals surface area contributed by atoms with E-state index in [0.717, 1.165) is 46.0 Å². The van der Waals surface area contributed by atoms with Gasteiger partial charge in [0, 0.05) is 12.1 Å². The molecule has 2 N–H and O–H groups in total. The molecule has 0 saturated heterocycles. The fraction of sp³-hybridized carbons (Fsp3) is 0.235. The van der Waals surface area contributed by atoms with E-state index in [1.807, 2.05) is 23.6 Å². The Balaban J connectivity index is 2.13. The summed E-state index contributed by atoms with van der Waals surface area (Å²) in [5.41, 5.74) is 8.11. The van der Waals surface area contributed by atoms with Gasteiger partial charge in [0.1, 0.15) is 23.1 Å². The van der Waals surface area contributed by atoms with Crippen LogP contribution >= 0.6 is 0 Å². The molecule has 0 aliphatic rings. The SMILES string of the molecule is CCn1c(C)nc(-c2ccc3cc(OC)ccc3c2)c1N. The van der Waals surface area contributed by atoms with Gasteiger partial charge >= 0.3 is 0 Å². The van der Waals surface area contributed by atoms with Crippen LogP contribution in [0.25, 0.3) is 22.0 Å². The Bertz CT molecular complexity index is 805. The number of imidazole rings is 1. The van der Waals surface area contributed by atoms with Crippen LogP contribution in [-0.4, -0.2) is 16.7 Å². The maximum Gasteiger partial charge on any atom is 0.131 e. The van der Waals surface area contributed by atoms with E-state index in [0.29, 0.717) is 0 Å². The summed E-state index contributed by atoms with van der Waals surface area (Å²) in [6, 6.07) is 12.3. The van der Waals surface area contributed by atoms with Crippen LogP contribution in [0, 0.1) is 6.92 Å². The van der Waals surface area contributed by atoms with Crippen molar-refractivity contribution in [2.45, 2.75) is 20.4 Å². The summed E-state index contributed by atoms with van der Waals surface area (Å²) < 4.78 is 7.28. The number of rotatable bonds is 3. The second-order valence-corrected chi connectivity index (χ2v) is 5.06. The standard InChI is InChI=1S/C17H19N3O/c1-4-20-11(2)19-16(17(20)18)14-6-5-13-10-15(21-3)8-7-12(13)9-14/h5-10H,4,18H2,1-3H3. The Morgan fingerprint density at radius 1 is 1.14 bits per heavy atom. The quantitative estimate of drug-likeness (QED) is 0.797. The van der Waals surface area contributed by atoms with Crippen molar-refractivity contribution in [3.05, 3.63) is 42.2 Å². The van der Waals surface area contributed by atoms with E-state index in [9.17, 15) is 0 Å². The van der Waals surface area contributed by atoms with Crippen LogP contribution < -0.4 is 10.5 Å². The fourth-order valence-corrected chi connectivity index (χ4v) is 2.69. The highest BCUT2D eigenvalue weighted by molar-refractivity contribution is 5.89. The Hall–Kier alpha value is -2.49. The first kappa shape index (κ1) is 13.5. The lowest BCUT2D eigenvalue weighted by atomic mass is 10.0. The van der Waals surface area contributed by atoms with Crippen molar-refractivity contribution >= 4 is 16.6 Å². The monoisotopic (exact) mass is 281 g/mol. The lowest BCUT2D eigenvalue weighted by Crippen LogP contribution is -2.02. The predicted molar refractivity (Wildman–Crippen MR) is 86.5 cm³/mol. The van der Waals surface area contributed by atoms with E-state index in [2.05, 4.69) is 36.2 Å². The number of anilines is 1. The van der Waals surface area contributed by atoms with Crippen molar-refractivity contribution in [2.75, 3.05) is 12.8 Å². The first-order valence-corrected chi connectivity index (χ1v) is 7.04. The fourth-order valence-electron chi connectivity index (χ4n) is 2.69. The third kappa shape index (κ3) is 2.23. The Morgan fingerprint density at radius 2 is 1.86 bits per heavy atom. The number of hydrogen-bond donors (Lipinski definition) is 1. The molecular formula is C17H19N3O. The van der Waals surface area contributed by atoms with E-state index < -0.39 is 0 Å². The van der Waals surface area contributed by atoms with Crippen LogP contribution in [0.2, 0.25) is 0 Å². The summed E-state index contributed by atoms with van der Waals surface area (Å²) in [7, 11) is 1.68. The Labute approximate surface area is 124 Å². The molecule has 0 fully saturated rings. The zero-order valence-corrected chi connectivity index (χ0v) is 12.6. The molecule has 1 aromatic heterocycles. The minimum atomic E-state index is 0.725. The highest BCUT2D eigenvalue weighted by Gasteiger charge is 2.13. The number of nitrogens with zero attached hydrogens (tertiary/aromatic N) is 2. The molecule has 0 spiro atoms. The topological polar surface area (TPSA) is 53.1 Å². The van der Waals surface area contributed by atoms with Crippen LogP contribution in [0.5, 0.6) is 5.75 Å². The Kier molecular flexibility index (Phi) is 3.29. The maximum absolute atomic E-state index is 6.22. The van der Waals surface area contributed by atoms with Gasteiger partial charge in [0.05, 0.1) is 7.11 Å². The van der Waals surface area contributed by atoms with E-state index in [-0.39, 0.29) is 0 Å². The number of nitrogen functional groups attached to an aromatic ring is 1. The maximum atomic E-state index is 6.22. The molecule has 108 valence electrons. The summed E-state index contributed by atoms with van der Waals surface area (Å²) in [6.45, 7) is 4.88. The number of hydrogen-bond acceptors (Lipinski definition) is 3. The number of benzene rings is 2. The van der Waals surface area contributed by atoms with E-state index in [1.165, 1.54) is 0 Å². The molecule has 0 saturated carbocycles. The highest BCUT2D eigenvalue weighted by atomic mass is 16.5. The molecule has 0 unspecified atom stereocenters. The number of nitrogens with two attached hydrogens (primary N) is 1. The third-order valence-electron chi connectivity index (χ3n) is 3.83. The van der Waals surface area contributed by atoms with E-state index >= 15 is 0 Å². The summed E-state index contributed by atoms with van der Waals surface area (Å²) >= 11 is 0. The normalized spacial score (nSPS) is 11.0. The molecule has 2 aromatic carbocycles. The van der Waals surface area contributed by atoms with Gasteiger partial charge in [-0.1, -0.05) is 18.2 Å². The van der Waals surface area contributed by atoms with Gasteiger partial charge in [-0.05, 0) is 42.8 Å². The molecule has 0 radical (unpaired) electrons. The minimum absolute atomic E-state index is 0.725. The lowest BCUT2D eigenvalue weighted by molar-refractivity contribution is 0.415. The second-order valence-electron chi connectivity index (χ2n) is 5.06. The van der Waals surface area contributed by atoms with Crippen molar-refractivity contribution in [3.63, 3.8) is 0 Å². The lowest BCUT2D eigenvalue weighted by Gasteiger charge is -2.06. The molecule has 21 heavy (non-hydrogen) atoms. The molecule has 0 bridgehead atoms. The smallest absolute Gasteiger partial charge is 0.131 e. The average Bonchev–Trinajstić information content (AvgIpc) is 2.80.